The number of rotatable bonds is 18. The Hall–Kier alpha value is -2.43. The van der Waals surface area contributed by atoms with Crippen molar-refractivity contribution in [3.05, 3.63) is 84.7 Å². The van der Waals surface area contributed by atoms with Gasteiger partial charge in [0.15, 0.2) is 0 Å². The first-order valence-electron chi connectivity index (χ1n) is 13.6. The second-order valence-corrected chi connectivity index (χ2v) is 10.4. The first-order chi connectivity index (χ1) is 17.8. The van der Waals surface area contributed by atoms with Gasteiger partial charge in [-0.2, -0.15) is 0 Å². The average molecular weight is 531 g/mol. The summed E-state index contributed by atoms with van der Waals surface area (Å²) in [7, 11) is 1.66. The van der Waals surface area contributed by atoms with E-state index in [1.807, 2.05) is 32.8 Å². The maximum atomic E-state index is 8.00. The second kappa shape index (κ2) is 24.9. The lowest BCUT2D eigenvalue weighted by atomic mass is 9.90. The molecule has 0 bridgehead atoms. The Labute approximate surface area is 235 Å². The molecule has 0 saturated heterocycles. The molecule has 218 valence electrons. The molecule has 38 heavy (non-hydrogen) atoms. The molecule has 3 unspecified atom stereocenters. The van der Waals surface area contributed by atoms with Gasteiger partial charge >= 0.3 is 0 Å². The van der Waals surface area contributed by atoms with Gasteiger partial charge in [-0.3, -0.25) is 0 Å². The molecule has 0 fully saturated rings. The fourth-order valence-corrected chi connectivity index (χ4v) is 2.83. The van der Waals surface area contributed by atoms with E-state index in [1.165, 1.54) is 5.57 Å². The third-order valence-corrected chi connectivity index (χ3v) is 5.72. The Balaban J connectivity index is -0.00000185. The zero-order valence-electron chi connectivity index (χ0n) is 26.2. The van der Waals surface area contributed by atoms with E-state index in [-0.39, 0.29) is 6.10 Å². The van der Waals surface area contributed by atoms with Gasteiger partial charge in [0.05, 0.1) is 12.7 Å². The molecular formula is C34H58O4. The minimum Gasteiger partial charge on any atom is -0.491 e. The lowest BCUT2D eigenvalue weighted by Crippen LogP contribution is -2.21. The third-order valence-electron chi connectivity index (χ3n) is 5.72. The van der Waals surface area contributed by atoms with Gasteiger partial charge in [-0.05, 0) is 80.6 Å². The van der Waals surface area contributed by atoms with Crippen LogP contribution in [0.1, 0.15) is 74.7 Å². The topological polar surface area (TPSA) is 44.8 Å². The third kappa shape index (κ3) is 22.7. The number of allylic oxidation sites excluding steroid dienone is 8. The smallest absolute Gasteiger partial charge is 0.122 e. The van der Waals surface area contributed by atoms with Gasteiger partial charge in [-0.25, -0.2) is 0 Å². The predicted octanol–water partition coefficient (Wildman–Crippen LogP) is 9.24. The summed E-state index contributed by atoms with van der Waals surface area (Å²) in [5.74, 6) is 2.23. The highest BCUT2D eigenvalue weighted by Gasteiger charge is 2.15. The molecule has 0 rings (SSSR count). The molecular weight excluding hydrogens is 472 g/mol. The van der Waals surface area contributed by atoms with Gasteiger partial charge in [0, 0.05) is 13.7 Å². The Morgan fingerprint density at radius 2 is 1.39 bits per heavy atom. The van der Waals surface area contributed by atoms with Gasteiger partial charge < -0.3 is 19.0 Å². The maximum absolute atomic E-state index is 8.00. The summed E-state index contributed by atoms with van der Waals surface area (Å²) < 4.78 is 16.8. The first kappa shape index (κ1) is 40.1. The minimum atomic E-state index is 0.279. The zero-order chi connectivity index (χ0) is 30.3. The largest absolute Gasteiger partial charge is 0.491 e. The van der Waals surface area contributed by atoms with Gasteiger partial charge in [-0.1, -0.05) is 84.2 Å². The van der Waals surface area contributed by atoms with E-state index in [0.29, 0.717) is 31.0 Å². The van der Waals surface area contributed by atoms with E-state index < -0.39 is 0 Å². The van der Waals surface area contributed by atoms with Crippen LogP contribution in [0.4, 0.5) is 0 Å². The van der Waals surface area contributed by atoms with Crippen molar-refractivity contribution in [3.63, 3.8) is 0 Å². The van der Waals surface area contributed by atoms with Crippen molar-refractivity contribution in [1.29, 1.82) is 0 Å². The molecule has 0 amide bonds. The Kier molecular flexibility index (Phi) is 26.2. The molecule has 4 nitrogen and oxygen atoms in total. The molecule has 0 heterocycles. The van der Waals surface area contributed by atoms with Crippen LogP contribution in [-0.2, 0) is 19.0 Å². The van der Waals surface area contributed by atoms with E-state index in [2.05, 4.69) is 80.5 Å². The molecule has 0 aromatic rings. The standard InChI is InChI=1S/C29H48O3.C4H8.CH2O/c1-12-22(4)29(31-18-17-30-11)19-27(9)25(7)14-13-23(5)24(6)15-16-26(8)28(10)32-20-21(2)3;1-4(2)3;1-2/h13-14,19,21,24,26,28H,4-5,7,9,12,15-18,20H2,1-3,6,8,10-11H3;1H2,2-3H3;1H2/b14-13-,29-19+;;. The highest BCUT2D eigenvalue weighted by Crippen LogP contribution is 2.24. The minimum absolute atomic E-state index is 0.279. The summed E-state index contributed by atoms with van der Waals surface area (Å²) in [6, 6.07) is 0. The molecule has 0 N–H and O–H groups in total. The van der Waals surface area contributed by atoms with Crippen LogP contribution in [0.3, 0.4) is 0 Å². The molecule has 0 aliphatic carbocycles. The first-order valence-corrected chi connectivity index (χ1v) is 13.6. The Bertz CT molecular complexity index is 765. The zero-order valence-corrected chi connectivity index (χ0v) is 26.2. The summed E-state index contributed by atoms with van der Waals surface area (Å²) >= 11 is 0. The number of hydrogen-bond donors (Lipinski definition) is 0. The summed E-state index contributed by atoms with van der Waals surface area (Å²) in [4.78, 5) is 8.00. The molecule has 0 saturated carbocycles. The molecule has 0 radical (unpaired) electrons. The quantitative estimate of drug-likeness (QED) is 0.0766. The van der Waals surface area contributed by atoms with Crippen LogP contribution < -0.4 is 0 Å². The van der Waals surface area contributed by atoms with Crippen LogP contribution in [0.15, 0.2) is 84.7 Å². The van der Waals surface area contributed by atoms with Crippen molar-refractivity contribution in [2.45, 2.75) is 80.8 Å². The van der Waals surface area contributed by atoms with Crippen molar-refractivity contribution in [3.8, 4) is 0 Å². The number of methoxy groups -OCH3 is 1. The molecule has 0 aliphatic rings. The van der Waals surface area contributed by atoms with E-state index in [9.17, 15) is 0 Å². The summed E-state index contributed by atoms with van der Waals surface area (Å²) in [6.45, 7) is 41.1. The molecule has 0 aromatic heterocycles. The molecule has 4 heteroatoms. The average Bonchev–Trinajstić information content (AvgIpc) is 2.87. The lowest BCUT2D eigenvalue weighted by molar-refractivity contribution is -0.0980. The highest BCUT2D eigenvalue weighted by molar-refractivity contribution is 5.47. The van der Waals surface area contributed by atoms with E-state index >= 15 is 0 Å². The summed E-state index contributed by atoms with van der Waals surface area (Å²) in [5, 5.41) is 0. The van der Waals surface area contributed by atoms with Gasteiger partial charge in [0.2, 0.25) is 0 Å². The van der Waals surface area contributed by atoms with Crippen LogP contribution in [0, 0.1) is 17.8 Å². The van der Waals surface area contributed by atoms with Crippen LogP contribution in [0.25, 0.3) is 0 Å². The van der Waals surface area contributed by atoms with Crippen molar-refractivity contribution in [1.82, 2.24) is 0 Å². The Morgan fingerprint density at radius 3 is 1.87 bits per heavy atom. The number of carbonyl (C=O) groups excluding carboxylic acids is 1. The van der Waals surface area contributed by atoms with Crippen molar-refractivity contribution >= 4 is 6.79 Å². The predicted molar refractivity (Wildman–Crippen MR) is 167 cm³/mol. The number of hydrogen-bond acceptors (Lipinski definition) is 4. The van der Waals surface area contributed by atoms with E-state index in [0.717, 1.165) is 53.9 Å². The van der Waals surface area contributed by atoms with Gasteiger partial charge in [0.25, 0.3) is 0 Å². The Morgan fingerprint density at radius 1 is 0.842 bits per heavy atom. The van der Waals surface area contributed by atoms with Crippen molar-refractivity contribution in [2.75, 3.05) is 26.9 Å². The van der Waals surface area contributed by atoms with Gasteiger partial charge in [-0.15, -0.1) is 6.58 Å². The van der Waals surface area contributed by atoms with E-state index in [1.54, 1.807) is 7.11 Å². The normalized spacial score (nSPS) is 13.4. The number of carbonyl (C=O) groups is 1. The molecule has 0 aromatic carbocycles. The van der Waals surface area contributed by atoms with Crippen LogP contribution in [0.5, 0.6) is 0 Å². The maximum Gasteiger partial charge on any atom is 0.122 e. The fraction of sp³-hybridized carbons (Fsp3) is 0.559. The van der Waals surface area contributed by atoms with Crippen LogP contribution >= 0.6 is 0 Å². The lowest BCUT2D eigenvalue weighted by Gasteiger charge is -2.23. The van der Waals surface area contributed by atoms with Crippen LogP contribution in [0.2, 0.25) is 0 Å². The summed E-state index contributed by atoms with van der Waals surface area (Å²) in [5.41, 5.74) is 4.82. The van der Waals surface area contributed by atoms with E-state index in [4.69, 9.17) is 19.0 Å². The molecule has 0 aliphatic heterocycles. The monoisotopic (exact) mass is 530 g/mol. The fourth-order valence-electron chi connectivity index (χ4n) is 2.83. The molecule has 3 atom stereocenters. The van der Waals surface area contributed by atoms with Crippen molar-refractivity contribution in [2.24, 2.45) is 17.8 Å². The SMILES string of the molecule is C=C(/C=C\C(=C)C(C)CCC(C)C(C)OCC(C)C)C(=C)/C=C(/OCCOC)C(=C)CC.C=C(C)C.C=O. The second-order valence-electron chi connectivity index (χ2n) is 10.4. The summed E-state index contributed by atoms with van der Waals surface area (Å²) in [6.07, 6.45) is 9.22. The molecule has 0 spiro atoms. The highest BCUT2D eigenvalue weighted by atomic mass is 16.5. The van der Waals surface area contributed by atoms with Crippen LogP contribution in [-0.4, -0.2) is 39.8 Å². The number of ether oxygens (including phenoxy) is 3. The van der Waals surface area contributed by atoms with Gasteiger partial charge in [0.1, 0.15) is 19.2 Å². The van der Waals surface area contributed by atoms with Crippen molar-refractivity contribution < 1.29 is 19.0 Å².